The van der Waals surface area contributed by atoms with Crippen molar-refractivity contribution in [1.29, 1.82) is 0 Å². The van der Waals surface area contributed by atoms with Gasteiger partial charge >= 0.3 is 0 Å². The maximum absolute atomic E-state index is 11.9. The van der Waals surface area contributed by atoms with E-state index in [1.165, 1.54) is 69.8 Å². The first-order valence-electron chi connectivity index (χ1n) is 11.3. The molecule has 1 aliphatic rings. The normalized spacial score (nSPS) is 12.9. The Bertz CT molecular complexity index is 823. The van der Waals surface area contributed by atoms with E-state index in [-0.39, 0.29) is 0 Å². The summed E-state index contributed by atoms with van der Waals surface area (Å²) in [5.41, 5.74) is 4.50. The van der Waals surface area contributed by atoms with Gasteiger partial charge < -0.3 is 5.32 Å². The first-order valence-corrected chi connectivity index (χ1v) is 11.3. The van der Waals surface area contributed by atoms with Crippen molar-refractivity contribution in [2.75, 3.05) is 5.32 Å². The van der Waals surface area contributed by atoms with Gasteiger partial charge in [-0.25, -0.2) is 0 Å². The third-order valence-corrected chi connectivity index (χ3v) is 5.82. The maximum atomic E-state index is 11.9. The van der Waals surface area contributed by atoms with Crippen molar-refractivity contribution in [3.05, 3.63) is 53.6 Å². The van der Waals surface area contributed by atoms with Gasteiger partial charge in [-0.05, 0) is 41.7 Å². The summed E-state index contributed by atoms with van der Waals surface area (Å²) in [7, 11) is 0. The van der Waals surface area contributed by atoms with Crippen LogP contribution in [0.5, 0.6) is 0 Å². The molecule has 3 nitrogen and oxygen atoms in total. The van der Waals surface area contributed by atoms with E-state index in [0.29, 0.717) is 11.3 Å². The van der Waals surface area contributed by atoms with Crippen LogP contribution >= 0.6 is 0 Å². The van der Waals surface area contributed by atoms with Gasteiger partial charge in [-0.3, -0.25) is 9.59 Å². The summed E-state index contributed by atoms with van der Waals surface area (Å²) in [6.07, 6.45) is 14.7. The van der Waals surface area contributed by atoms with Gasteiger partial charge in [0, 0.05) is 0 Å². The number of anilines is 1. The lowest BCUT2D eigenvalue weighted by Gasteiger charge is -2.07. The molecule has 1 N–H and O–H groups in total. The lowest BCUT2D eigenvalue weighted by atomic mass is 9.98. The minimum absolute atomic E-state index is 0.445. The number of rotatable bonds is 12. The second-order valence-corrected chi connectivity index (χ2v) is 8.17. The molecule has 1 heterocycles. The summed E-state index contributed by atoms with van der Waals surface area (Å²) in [5.74, 6) is -0.983. The fourth-order valence-corrected chi connectivity index (χ4v) is 4.00. The van der Waals surface area contributed by atoms with Crippen LogP contribution in [0.15, 0.2) is 42.5 Å². The lowest BCUT2D eigenvalue weighted by molar-refractivity contribution is -0.112. The van der Waals surface area contributed by atoms with Crippen LogP contribution in [0.3, 0.4) is 0 Å². The highest BCUT2D eigenvalue weighted by Gasteiger charge is 2.27. The number of unbranched alkanes of at least 4 members (excludes halogenated alkanes) is 9. The van der Waals surface area contributed by atoms with Crippen LogP contribution in [0.4, 0.5) is 5.69 Å². The van der Waals surface area contributed by atoms with Gasteiger partial charge in [0.15, 0.2) is 0 Å². The molecule has 0 aromatic heterocycles. The molecule has 0 bridgehead atoms. The zero-order chi connectivity index (χ0) is 20.5. The van der Waals surface area contributed by atoms with Gasteiger partial charge in [0.1, 0.15) is 0 Å². The van der Waals surface area contributed by atoms with Crippen LogP contribution in [0.25, 0.3) is 11.1 Å². The van der Waals surface area contributed by atoms with Gasteiger partial charge in [-0.2, -0.15) is 0 Å². The number of carbonyl (C=O) groups excluding carboxylic acids is 2. The molecule has 0 spiro atoms. The van der Waals surface area contributed by atoms with E-state index in [1.54, 1.807) is 0 Å². The third kappa shape index (κ3) is 6.03. The first kappa shape index (κ1) is 21.3. The van der Waals surface area contributed by atoms with E-state index >= 15 is 0 Å². The molecule has 2 aromatic rings. The average Bonchev–Trinajstić information content (AvgIpc) is 3.03. The van der Waals surface area contributed by atoms with Gasteiger partial charge in [0.2, 0.25) is 0 Å². The van der Waals surface area contributed by atoms with Crippen molar-refractivity contribution in [2.45, 2.75) is 77.6 Å². The number of benzene rings is 2. The van der Waals surface area contributed by atoms with Crippen LogP contribution < -0.4 is 5.32 Å². The number of hydrogen-bond donors (Lipinski definition) is 1. The summed E-state index contributed by atoms with van der Waals surface area (Å²) < 4.78 is 0. The Morgan fingerprint density at radius 2 is 1.28 bits per heavy atom. The van der Waals surface area contributed by atoms with Crippen LogP contribution in [-0.4, -0.2) is 11.7 Å². The molecule has 29 heavy (non-hydrogen) atoms. The third-order valence-electron chi connectivity index (χ3n) is 5.82. The summed E-state index contributed by atoms with van der Waals surface area (Å²) >= 11 is 0. The molecular formula is C26H33NO2. The molecule has 0 saturated heterocycles. The predicted octanol–water partition coefficient (Wildman–Crippen LogP) is 6.95. The van der Waals surface area contributed by atoms with Crippen LogP contribution in [-0.2, 0) is 11.2 Å². The molecule has 0 radical (unpaired) electrons. The van der Waals surface area contributed by atoms with Crippen LogP contribution in [0.2, 0.25) is 0 Å². The minimum Gasteiger partial charge on any atom is -0.318 e. The molecule has 0 fully saturated rings. The number of nitrogens with one attached hydrogen (secondary N) is 1. The molecule has 1 amide bonds. The Labute approximate surface area is 174 Å². The summed E-state index contributed by atoms with van der Waals surface area (Å²) in [6, 6.07) is 14.2. The number of fused-ring (bicyclic) bond motifs is 1. The van der Waals surface area contributed by atoms with Crippen molar-refractivity contribution >= 4 is 17.4 Å². The number of carbonyl (C=O) groups is 2. The maximum Gasteiger partial charge on any atom is 0.296 e. The molecule has 1 aliphatic heterocycles. The lowest BCUT2D eigenvalue weighted by Crippen LogP contribution is -2.12. The Balaban J connectivity index is 1.39. The highest BCUT2D eigenvalue weighted by Crippen LogP contribution is 2.29. The second-order valence-electron chi connectivity index (χ2n) is 8.17. The second kappa shape index (κ2) is 10.9. The fourth-order valence-electron chi connectivity index (χ4n) is 4.00. The Morgan fingerprint density at radius 3 is 1.93 bits per heavy atom. The zero-order valence-electron chi connectivity index (χ0n) is 17.6. The van der Waals surface area contributed by atoms with Crippen molar-refractivity contribution in [3.8, 4) is 11.1 Å². The highest BCUT2D eigenvalue weighted by atomic mass is 16.2. The monoisotopic (exact) mass is 391 g/mol. The minimum atomic E-state index is -0.538. The average molecular weight is 392 g/mol. The van der Waals surface area contributed by atoms with Gasteiger partial charge in [0.05, 0.1) is 11.3 Å². The SMILES string of the molecule is CCCCCCCCCCCCc1ccc(-c2ccc3c(c2)C(=O)C(=O)N3)cc1. The quantitative estimate of drug-likeness (QED) is 0.314. The van der Waals surface area contributed by atoms with Crippen molar-refractivity contribution in [2.24, 2.45) is 0 Å². The highest BCUT2D eigenvalue weighted by molar-refractivity contribution is 6.51. The number of ketones is 1. The Morgan fingerprint density at radius 1 is 0.690 bits per heavy atom. The molecule has 0 aliphatic carbocycles. The summed E-state index contributed by atoms with van der Waals surface area (Å²) in [5, 5.41) is 2.60. The molecule has 2 aromatic carbocycles. The topological polar surface area (TPSA) is 46.2 Å². The number of hydrogen-bond acceptors (Lipinski definition) is 2. The van der Waals surface area contributed by atoms with E-state index < -0.39 is 11.7 Å². The van der Waals surface area contributed by atoms with E-state index in [9.17, 15) is 9.59 Å². The molecule has 0 atom stereocenters. The smallest absolute Gasteiger partial charge is 0.296 e. The van der Waals surface area contributed by atoms with Crippen LogP contribution in [0, 0.1) is 0 Å². The molecule has 3 rings (SSSR count). The van der Waals surface area contributed by atoms with Gasteiger partial charge in [0.25, 0.3) is 11.7 Å². The summed E-state index contributed by atoms with van der Waals surface area (Å²) in [6.45, 7) is 2.27. The van der Waals surface area contributed by atoms with Gasteiger partial charge in [-0.1, -0.05) is 95.0 Å². The fraction of sp³-hybridized carbons (Fsp3) is 0.462. The van der Waals surface area contributed by atoms with Crippen molar-refractivity contribution in [1.82, 2.24) is 0 Å². The van der Waals surface area contributed by atoms with E-state index in [0.717, 1.165) is 17.5 Å². The number of aryl methyl sites for hydroxylation is 1. The zero-order valence-corrected chi connectivity index (χ0v) is 17.6. The van der Waals surface area contributed by atoms with E-state index in [4.69, 9.17) is 0 Å². The molecule has 0 unspecified atom stereocenters. The largest absolute Gasteiger partial charge is 0.318 e. The predicted molar refractivity (Wildman–Crippen MR) is 120 cm³/mol. The number of Topliss-reactive ketones (excluding diaryl/α,β-unsaturated/α-hetero) is 1. The molecule has 3 heteroatoms. The summed E-state index contributed by atoms with van der Waals surface area (Å²) in [4.78, 5) is 23.4. The molecule has 154 valence electrons. The van der Waals surface area contributed by atoms with Crippen LogP contribution in [0.1, 0.15) is 87.1 Å². The number of amides is 1. The first-order chi connectivity index (χ1) is 14.2. The van der Waals surface area contributed by atoms with E-state index in [1.807, 2.05) is 18.2 Å². The van der Waals surface area contributed by atoms with Gasteiger partial charge in [-0.15, -0.1) is 0 Å². The van der Waals surface area contributed by atoms with E-state index in [2.05, 4.69) is 36.5 Å². The molecule has 0 saturated carbocycles. The Hall–Kier alpha value is -2.42. The standard InChI is InChI=1S/C26H33NO2/c1-2-3-4-5-6-7-8-9-10-11-12-20-13-15-21(16-14-20)22-17-18-24-23(19-22)25(28)26(29)27-24/h13-19H,2-12H2,1H3,(H,27,28,29). The van der Waals surface area contributed by atoms with Crippen molar-refractivity contribution in [3.63, 3.8) is 0 Å². The molecular weight excluding hydrogens is 358 g/mol. The Kier molecular flexibility index (Phi) is 8.03. The van der Waals surface area contributed by atoms with Crippen molar-refractivity contribution < 1.29 is 9.59 Å².